The first kappa shape index (κ1) is 36.4. The third kappa shape index (κ3) is 7.21. The Bertz CT molecular complexity index is 1300. The second-order valence-corrected chi connectivity index (χ2v) is 16.5. The van der Waals surface area contributed by atoms with Gasteiger partial charge in [0.25, 0.3) is 0 Å². The second-order valence-electron chi connectivity index (χ2n) is 16.5. The number of hydrogen-bond donors (Lipinski definition) is 0. The van der Waals surface area contributed by atoms with Gasteiger partial charge in [0.1, 0.15) is 42.6 Å². The summed E-state index contributed by atoms with van der Waals surface area (Å²) >= 11 is 0. The predicted molar refractivity (Wildman–Crippen MR) is 184 cm³/mol. The lowest BCUT2D eigenvalue weighted by molar-refractivity contribution is -0.283. The standard InChI is InChI=1S/C40H58O11/c1-6-28-36-38-40(48-28)39-37-30(49-38)11-8-26(46-37)17-23(42)18-27-33(47-31(13-14-41)35(27)43-5)19-32-22(4)20(2)15-24(45-32)7-10-29-21(3)16-25(44-29)9-12-34(50-36)51-39/h14,20,24-40H,3-4,6-13,15-19H2,1-2,5H3/t20-,24+,25?,26-,27?,28?,29?,30+,31-,32-,33?,34?,35-,36+,37+,38+,39+,40-/m1/s1. The average Bonchev–Trinajstić information content (AvgIpc) is 3.73. The molecule has 0 N–H and O–H groups in total. The van der Waals surface area contributed by atoms with E-state index in [2.05, 4.69) is 27.0 Å². The van der Waals surface area contributed by atoms with Crippen LogP contribution in [0.25, 0.3) is 0 Å². The Morgan fingerprint density at radius 2 is 1.43 bits per heavy atom. The van der Waals surface area contributed by atoms with Crippen molar-refractivity contribution in [1.82, 2.24) is 0 Å². The number of ketones is 1. The molecule has 0 aromatic heterocycles. The van der Waals surface area contributed by atoms with E-state index in [1.807, 2.05) is 0 Å². The molecule has 0 radical (unpaired) electrons. The Morgan fingerprint density at radius 3 is 2.24 bits per heavy atom. The van der Waals surface area contributed by atoms with Gasteiger partial charge in [-0.3, -0.25) is 4.79 Å². The molecular formula is C40H58O11. The summed E-state index contributed by atoms with van der Waals surface area (Å²) in [6.45, 7) is 13.2. The van der Waals surface area contributed by atoms with E-state index in [0.29, 0.717) is 12.8 Å². The zero-order valence-electron chi connectivity index (χ0n) is 30.6. The summed E-state index contributed by atoms with van der Waals surface area (Å²) in [7, 11) is 1.64. The van der Waals surface area contributed by atoms with Gasteiger partial charge in [-0.2, -0.15) is 0 Å². The van der Waals surface area contributed by atoms with Crippen molar-refractivity contribution >= 4 is 12.1 Å². The molecule has 0 saturated carbocycles. The fourth-order valence-corrected chi connectivity index (χ4v) is 10.5. The van der Waals surface area contributed by atoms with Gasteiger partial charge in [0.15, 0.2) is 6.29 Å². The van der Waals surface area contributed by atoms with Crippen molar-refractivity contribution in [3.05, 3.63) is 24.3 Å². The normalized spacial score (nSPS) is 50.4. The number of carbonyl (C=O) groups is 2. The number of ether oxygens (including phenoxy) is 9. The Hall–Kier alpha value is -1.54. The van der Waals surface area contributed by atoms with E-state index in [4.69, 9.17) is 42.6 Å². The summed E-state index contributed by atoms with van der Waals surface area (Å²) in [6.07, 6.45) is 5.85. The molecule has 0 spiro atoms. The number of methoxy groups -OCH3 is 1. The van der Waals surface area contributed by atoms with Crippen molar-refractivity contribution in [2.75, 3.05) is 7.11 Å². The minimum atomic E-state index is -0.432. The van der Waals surface area contributed by atoms with Crippen LogP contribution in [0.3, 0.4) is 0 Å². The SMILES string of the molecule is C=C1CC2CCC3O[C@@H]4[C@@H]5OC(CC)[C@H](O3)[C@@H]5O[C@H]3CC[C@H](CC(=O)CC5C(C[C@H]6O[C@@H](CCC1O2)C[C@@H](C)C6=C)O[C@H](CC=O)[C@@H]5OC)O[C@H]43. The molecule has 0 aromatic rings. The summed E-state index contributed by atoms with van der Waals surface area (Å²) in [5.74, 6) is 0.157. The van der Waals surface area contributed by atoms with Crippen molar-refractivity contribution in [1.29, 1.82) is 0 Å². The van der Waals surface area contributed by atoms with Gasteiger partial charge in [-0.25, -0.2) is 0 Å². The lowest BCUT2D eigenvalue weighted by atomic mass is 9.81. The third-order valence-corrected chi connectivity index (χ3v) is 13.2. The van der Waals surface area contributed by atoms with Crippen LogP contribution in [0, 0.1) is 11.8 Å². The van der Waals surface area contributed by atoms with Crippen molar-refractivity contribution < 1.29 is 52.2 Å². The van der Waals surface area contributed by atoms with Crippen molar-refractivity contribution in [2.45, 2.75) is 195 Å². The maximum absolute atomic E-state index is 14.0. The average molecular weight is 715 g/mol. The molecular weight excluding hydrogens is 656 g/mol. The van der Waals surface area contributed by atoms with Crippen LogP contribution < -0.4 is 0 Å². The molecule has 0 amide bonds. The highest BCUT2D eigenvalue weighted by Crippen LogP contribution is 2.46. The van der Waals surface area contributed by atoms with Crippen LogP contribution in [0.15, 0.2) is 24.3 Å². The molecule has 284 valence electrons. The maximum atomic E-state index is 14.0. The van der Waals surface area contributed by atoms with E-state index in [9.17, 15) is 9.59 Å². The maximum Gasteiger partial charge on any atom is 0.158 e. The zero-order chi connectivity index (χ0) is 35.4. The Labute approximate surface area is 302 Å². The third-order valence-electron chi connectivity index (χ3n) is 13.2. The highest BCUT2D eigenvalue weighted by molar-refractivity contribution is 5.79. The van der Waals surface area contributed by atoms with Gasteiger partial charge >= 0.3 is 0 Å². The van der Waals surface area contributed by atoms with Crippen LogP contribution >= 0.6 is 0 Å². The summed E-state index contributed by atoms with van der Waals surface area (Å²) in [6, 6.07) is 0. The monoisotopic (exact) mass is 714 g/mol. The summed E-state index contributed by atoms with van der Waals surface area (Å²) < 4.78 is 59.3. The predicted octanol–water partition coefficient (Wildman–Crippen LogP) is 4.95. The molecule has 8 rings (SSSR count). The first-order valence-electron chi connectivity index (χ1n) is 19.8. The van der Waals surface area contributed by atoms with Crippen molar-refractivity contribution in [2.24, 2.45) is 11.8 Å². The van der Waals surface area contributed by atoms with E-state index in [1.165, 1.54) is 0 Å². The largest absolute Gasteiger partial charge is 0.378 e. The van der Waals surface area contributed by atoms with Crippen LogP contribution in [-0.4, -0.2) is 117 Å². The van der Waals surface area contributed by atoms with Crippen LogP contribution in [0.1, 0.15) is 97.3 Å². The van der Waals surface area contributed by atoms with E-state index in [1.54, 1.807) is 7.11 Å². The van der Waals surface area contributed by atoms with Crippen LogP contribution in [-0.2, 0) is 52.2 Å². The van der Waals surface area contributed by atoms with E-state index in [-0.39, 0.29) is 122 Å². The number of Topliss-reactive ketones (excluding diaryl/α,β-unsaturated/α-hetero) is 1. The lowest BCUT2D eigenvalue weighted by Gasteiger charge is -2.47. The molecule has 18 atom stereocenters. The second kappa shape index (κ2) is 15.3. The van der Waals surface area contributed by atoms with Crippen molar-refractivity contribution in [3.63, 3.8) is 0 Å². The Morgan fingerprint density at radius 1 is 0.706 bits per heavy atom. The molecule has 0 aromatic carbocycles. The van der Waals surface area contributed by atoms with Gasteiger partial charge in [0.05, 0.1) is 61.0 Å². The van der Waals surface area contributed by atoms with Gasteiger partial charge in [-0.05, 0) is 68.4 Å². The minimum Gasteiger partial charge on any atom is -0.378 e. The Balaban J connectivity index is 1.06. The lowest BCUT2D eigenvalue weighted by Crippen LogP contribution is -2.61. The zero-order valence-corrected chi connectivity index (χ0v) is 30.6. The van der Waals surface area contributed by atoms with Crippen LogP contribution in [0.5, 0.6) is 0 Å². The van der Waals surface area contributed by atoms with E-state index >= 15 is 0 Å². The van der Waals surface area contributed by atoms with Crippen LogP contribution in [0.2, 0.25) is 0 Å². The number of hydrogen-bond acceptors (Lipinski definition) is 11. The number of rotatable bonds is 4. The fraction of sp³-hybridized carbons (Fsp3) is 0.850. The topological polar surface area (TPSA) is 117 Å². The molecule has 8 heterocycles. The van der Waals surface area contributed by atoms with Gasteiger partial charge in [0.2, 0.25) is 0 Å². The molecule has 8 fully saturated rings. The van der Waals surface area contributed by atoms with Gasteiger partial charge in [-0.1, -0.05) is 27.0 Å². The van der Waals surface area contributed by atoms with E-state index < -0.39 is 12.4 Å². The van der Waals surface area contributed by atoms with Gasteiger partial charge in [0, 0.05) is 45.1 Å². The smallest absolute Gasteiger partial charge is 0.158 e. The molecule has 8 aliphatic rings. The van der Waals surface area contributed by atoms with Gasteiger partial charge < -0.3 is 47.4 Å². The summed E-state index contributed by atoms with van der Waals surface area (Å²) in [5.41, 5.74) is 2.19. The number of fused-ring (bicyclic) bond motifs is 7. The quantitative estimate of drug-likeness (QED) is 0.291. The highest BCUT2D eigenvalue weighted by atomic mass is 16.7. The number of aldehydes is 1. The molecule has 8 saturated heterocycles. The Kier molecular flexibility index (Phi) is 10.9. The molecule has 8 aliphatic heterocycles. The summed E-state index contributed by atoms with van der Waals surface area (Å²) in [5, 5.41) is 0. The fourth-order valence-electron chi connectivity index (χ4n) is 10.5. The first-order valence-corrected chi connectivity index (χ1v) is 19.8. The molecule has 0 aliphatic carbocycles. The molecule has 11 bridgehead atoms. The van der Waals surface area contributed by atoms with Crippen LogP contribution in [0.4, 0.5) is 0 Å². The molecule has 11 nitrogen and oxygen atoms in total. The molecule has 11 heteroatoms. The molecule has 6 unspecified atom stereocenters. The molecule has 51 heavy (non-hydrogen) atoms. The number of carbonyl (C=O) groups excluding carboxylic acids is 2. The highest BCUT2D eigenvalue weighted by Gasteiger charge is 2.61. The van der Waals surface area contributed by atoms with E-state index in [0.717, 1.165) is 68.8 Å². The first-order chi connectivity index (χ1) is 24.7. The van der Waals surface area contributed by atoms with Gasteiger partial charge in [-0.15, -0.1) is 0 Å². The minimum absolute atomic E-state index is 0.0127. The van der Waals surface area contributed by atoms with Crippen molar-refractivity contribution in [3.8, 4) is 0 Å². The summed E-state index contributed by atoms with van der Waals surface area (Å²) in [4.78, 5) is 25.6.